The summed E-state index contributed by atoms with van der Waals surface area (Å²) < 4.78 is 41.0. The van der Waals surface area contributed by atoms with Gasteiger partial charge in [0.05, 0.1) is 22.5 Å². The van der Waals surface area contributed by atoms with Crippen LogP contribution < -0.4 is 5.73 Å². The first-order valence-corrected chi connectivity index (χ1v) is 9.34. The quantitative estimate of drug-likeness (QED) is 0.584. The predicted octanol–water partition coefficient (Wildman–Crippen LogP) is 4.55. The lowest BCUT2D eigenvalue weighted by Gasteiger charge is -2.08. The molecule has 0 bridgehead atoms. The number of nitrogens with zero attached hydrogens (tertiary/aromatic N) is 2. The number of nitrogens with one attached hydrogen (secondary N) is 1. The van der Waals surface area contributed by atoms with Crippen molar-refractivity contribution >= 4 is 29.1 Å². The van der Waals surface area contributed by atoms with Crippen molar-refractivity contribution in [1.29, 1.82) is 0 Å². The highest BCUT2D eigenvalue weighted by Gasteiger charge is 2.36. The summed E-state index contributed by atoms with van der Waals surface area (Å²) >= 11 is 12.0. The molecule has 0 saturated heterocycles. The number of aromatic amines is 1. The first-order valence-electron chi connectivity index (χ1n) is 8.59. The molecule has 29 heavy (non-hydrogen) atoms. The Kier molecular flexibility index (Phi) is 5.95. The van der Waals surface area contributed by atoms with Crippen LogP contribution in [0.1, 0.15) is 38.4 Å². The summed E-state index contributed by atoms with van der Waals surface area (Å²) in [6, 6.07) is 7.07. The number of amides is 1. The molecule has 2 aromatic heterocycles. The van der Waals surface area contributed by atoms with Crippen molar-refractivity contribution < 1.29 is 18.0 Å². The first-order chi connectivity index (χ1) is 13.6. The molecule has 3 aromatic rings. The van der Waals surface area contributed by atoms with Crippen LogP contribution in [0.3, 0.4) is 0 Å². The zero-order valence-electron chi connectivity index (χ0n) is 15.3. The molecule has 0 aliphatic rings. The fraction of sp³-hybridized carbons (Fsp3) is 0.263. The minimum Gasteiger partial charge on any atom is -0.365 e. The Morgan fingerprint density at radius 3 is 2.62 bits per heavy atom. The third-order valence-corrected chi connectivity index (χ3v) is 5.29. The number of rotatable bonds is 6. The van der Waals surface area contributed by atoms with Gasteiger partial charge in [0.1, 0.15) is 5.15 Å². The zero-order chi connectivity index (χ0) is 21.3. The molecule has 3 rings (SSSR count). The van der Waals surface area contributed by atoms with Gasteiger partial charge in [-0.05, 0) is 30.5 Å². The molecule has 0 spiro atoms. The number of nitrogens with two attached hydrogens (primary N) is 1. The number of primary amides is 1. The highest BCUT2D eigenvalue weighted by Crippen LogP contribution is 2.37. The van der Waals surface area contributed by atoms with Gasteiger partial charge in [-0.3, -0.25) is 9.89 Å². The Morgan fingerprint density at radius 1 is 1.28 bits per heavy atom. The number of benzene rings is 1. The first kappa shape index (κ1) is 21.3. The van der Waals surface area contributed by atoms with E-state index in [-0.39, 0.29) is 29.1 Å². The van der Waals surface area contributed by atoms with E-state index in [1.807, 2.05) is 6.07 Å². The van der Waals surface area contributed by atoms with Gasteiger partial charge >= 0.3 is 6.18 Å². The van der Waals surface area contributed by atoms with Gasteiger partial charge in [-0.25, -0.2) is 0 Å². The second-order valence-corrected chi connectivity index (χ2v) is 7.41. The number of H-pyrrole nitrogens is 1. The minimum atomic E-state index is -4.53. The smallest absolute Gasteiger partial charge is 0.365 e. The number of halogens is 5. The fourth-order valence-electron chi connectivity index (χ4n) is 3.25. The van der Waals surface area contributed by atoms with E-state index in [2.05, 4.69) is 10.2 Å². The average Bonchev–Trinajstić information content (AvgIpc) is 3.14. The lowest BCUT2D eigenvalue weighted by Crippen LogP contribution is -2.16. The third kappa shape index (κ3) is 4.59. The fourth-order valence-corrected chi connectivity index (χ4v) is 3.71. The summed E-state index contributed by atoms with van der Waals surface area (Å²) in [5.41, 5.74) is 6.44. The predicted molar refractivity (Wildman–Crippen MR) is 104 cm³/mol. The molecular formula is C19H17Cl2F3N4O. The summed E-state index contributed by atoms with van der Waals surface area (Å²) in [5, 5.41) is 7.42. The van der Waals surface area contributed by atoms with Crippen molar-refractivity contribution in [1.82, 2.24) is 14.8 Å². The molecule has 2 heterocycles. The SMILES string of the molecule is Cn1cc(C(F)(F)F)c(CCc2n[nH]c(Cc3cccc(Cl)c3)c2C(N)=O)c1Cl. The number of carbonyl (C=O) groups excluding carboxylic acids is 1. The Balaban J connectivity index is 1.88. The number of hydrogen-bond acceptors (Lipinski definition) is 2. The van der Waals surface area contributed by atoms with E-state index in [4.69, 9.17) is 28.9 Å². The van der Waals surface area contributed by atoms with Crippen molar-refractivity contribution in [3.05, 3.63) is 74.3 Å². The summed E-state index contributed by atoms with van der Waals surface area (Å²) in [6.45, 7) is 0. The molecule has 0 aliphatic heterocycles. The number of hydrogen-bond donors (Lipinski definition) is 2. The van der Waals surface area contributed by atoms with Crippen LogP contribution in [-0.4, -0.2) is 20.7 Å². The number of aromatic nitrogens is 3. The van der Waals surface area contributed by atoms with Gasteiger partial charge in [0, 0.05) is 30.3 Å². The highest BCUT2D eigenvalue weighted by atomic mass is 35.5. The van der Waals surface area contributed by atoms with Crippen LogP contribution >= 0.6 is 23.2 Å². The molecule has 154 valence electrons. The van der Waals surface area contributed by atoms with E-state index in [0.717, 1.165) is 11.8 Å². The van der Waals surface area contributed by atoms with Crippen LogP contribution in [-0.2, 0) is 32.5 Å². The van der Waals surface area contributed by atoms with E-state index in [1.54, 1.807) is 18.2 Å². The second-order valence-electron chi connectivity index (χ2n) is 6.62. The van der Waals surface area contributed by atoms with Crippen molar-refractivity contribution in [3.63, 3.8) is 0 Å². The van der Waals surface area contributed by atoms with Crippen LogP contribution in [0.4, 0.5) is 13.2 Å². The summed E-state index contributed by atoms with van der Waals surface area (Å²) in [4.78, 5) is 12.0. The number of alkyl halides is 3. The van der Waals surface area contributed by atoms with E-state index in [9.17, 15) is 18.0 Å². The maximum Gasteiger partial charge on any atom is 0.418 e. The van der Waals surface area contributed by atoms with Gasteiger partial charge in [-0.15, -0.1) is 0 Å². The van der Waals surface area contributed by atoms with Gasteiger partial charge in [-0.1, -0.05) is 35.3 Å². The third-order valence-electron chi connectivity index (χ3n) is 4.56. The van der Waals surface area contributed by atoms with Crippen molar-refractivity contribution in [3.8, 4) is 0 Å². The standard InChI is InChI=1S/C19H17Cl2F3N4O/c1-28-9-13(19(22,23)24)12(17(28)21)5-6-14-16(18(25)29)15(27-26-14)8-10-3-2-4-11(20)7-10/h2-4,7,9H,5-6,8H2,1H3,(H2,25,29)(H,26,27). The van der Waals surface area contributed by atoms with Gasteiger partial charge in [0.25, 0.3) is 5.91 Å². The molecule has 1 amide bonds. The van der Waals surface area contributed by atoms with Crippen LogP contribution in [0.15, 0.2) is 30.5 Å². The lowest BCUT2D eigenvalue weighted by atomic mass is 10.0. The normalized spacial score (nSPS) is 11.8. The van der Waals surface area contributed by atoms with E-state index < -0.39 is 17.6 Å². The van der Waals surface area contributed by atoms with Crippen LogP contribution in [0.2, 0.25) is 10.2 Å². The second kappa shape index (κ2) is 8.12. The maximum atomic E-state index is 13.3. The average molecular weight is 445 g/mol. The molecule has 5 nitrogen and oxygen atoms in total. The van der Waals surface area contributed by atoms with Gasteiger partial charge in [0.15, 0.2) is 0 Å². The monoisotopic (exact) mass is 444 g/mol. The molecular weight excluding hydrogens is 428 g/mol. The largest absolute Gasteiger partial charge is 0.418 e. The van der Waals surface area contributed by atoms with Crippen LogP contribution in [0.5, 0.6) is 0 Å². The topological polar surface area (TPSA) is 76.7 Å². The zero-order valence-corrected chi connectivity index (χ0v) is 16.8. The Hall–Kier alpha value is -2.45. The Labute approximate surface area is 174 Å². The van der Waals surface area contributed by atoms with Crippen LogP contribution in [0, 0.1) is 0 Å². The minimum absolute atomic E-state index is 0.00682. The molecule has 0 unspecified atom stereocenters. The number of carbonyl (C=O) groups is 1. The van der Waals surface area contributed by atoms with E-state index in [1.165, 1.54) is 11.6 Å². The van der Waals surface area contributed by atoms with Gasteiger partial charge in [0.2, 0.25) is 0 Å². The molecule has 0 atom stereocenters. The summed E-state index contributed by atoms with van der Waals surface area (Å²) in [6.07, 6.45) is -3.24. The van der Waals surface area contributed by atoms with Crippen molar-refractivity contribution in [2.45, 2.75) is 25.4 Å². The van der Waals surface area contributed by atoms with Crippen molar-refractivity contribution in [2.75, 3.05) is 0 Å². The lowest BCUT2D eigenvalue weighted by molar-refractivity contribution is -0.138. The molecule has 0 aliphatic carbocycles. The van der Waals surface area contributed by atoms with E-state index >= 15 is 0 Å². The molecule has 0 fully saturated rings. The Bertz CT molecular complexity index is 1060. The molecule has 0 saturated carbocycles. The van der Waals surface area contributed by atoms with Gasteiger partial charge in [-0.2, -0.15) is 18.3 Å². The summed E-state index contributed by atoms with van der Waals surface area (Å²) in [7, 11) is 1.44. The maximum absolute atomic E-state index is 13.3. The molecule has 10 heteroatoms. The Morgan fingerprint density at radius 2 is 2.00 bits per heavy atom. The van der Waals surface area contributed by atoms with E-state index in [0.29, 0.717) is 22.8 Å². The highest BCUT2D eigenvalue weighted by molar-refractivity contribution is 6.30. The molecule has 1 aromatic carbocycles. The molecule has 3 N–H and O–H groups in total. The summed E-state index contributed by atoms with van der Waals surface area (Å²) in [5.74, 6) is -0.707. The molecule has 0 radical (unpaired) electrons. The van der Waals surface area contributed by atoms with Gasteiger partial charge < -0.3 is 10.3 Å². The van der Waals surface area contributed by atoms with Crippen molar-refractivity contribution in [2.24, 2.45) is 12.8 Å². The van der Waals surface area contributed by atoms with Crippen LogP contribution in [0.25, 0.3) is 0 Å². The number of aryl methyl sites for hydroxylation is 2.